The number of carbonyl (C=O) groups is 1. The Bertz CT molecular complexity index is 711. The van der Waals surface area contributed by atoms with Gasteiger partial charge in [-0.1, -0.05) is 30.0 Å². The van der Waals surface area contributed by atoms with Crippen molar-refractivity contribution in [3.8, 4) is 0 Å². The van der Waals surface area contributed by atoms with Gasteiger partial charge in [0, 0.05) is 18.5 Å². The van der Waals surface area contributed by atoms with E-state index in [-0.39, 0.29) is 12.0 Å². The van der Waals surface area contributed by atoms with Crippen LogP contribution in [-0.2, 0) is 9.53 Å². The van der Waals surface area contributed by atoms with Gasteiger partial charge in [-0.3, -0.25) is 4.79 Å². The van der Waals surface area contributed by atoms with Crippen molar-refractivity contribution in [3.05, 3.63) is 35.4 Å². The Kier molecular flexibility index (Phi) is 5.18. The number of hydrogen-bond acceptors (Lipinski definition) is 4. The van der Waals surface area contributed by atoms with Gasteiger partial charge in [0.25, 0.3) is 0 Å². The number of fused-ring (bicyclic) bond motifs is 1. The van der Waals surface area contributed by atoms with Crippen LogP contribution in [0.25, 0.3) is 10.9 Å². The molecule has 1 aliphatic rings. The number of carbonyl (C=O) groups excluding carboxylic acids is 1. The summed E-state index contributed by atoms with van der Waals surface area (Å²) in [5.74, 6) is 0.422. The second-order valence-corrected chi connectivity index (χ2v) is 6.97. The summed E-state index contributed by atoms with van der Waals surface area (Å²) >= 11 is 1.48. The minimum atomic E-state index is 0.0369. The van der Waals surface area contributed by atoms with Gasteiger partial charge in [-0.15, -0.1) is 0 Å². The SMILES string of the molecule is Cc1cc(SCC(=O)NC[C@H]2CCCO2)nc2c(C)cccc12. The van der Waals surface area contributed by atoms with Gasteiger partial charge in [-0.25, -0.2) is 4.98 Å². The molecule has 1 atom stereocenters. The van der Waals surface area contributed by atoms with Crippen LogP contribution in [0.15, 0.2) is 29.3 Å². The van der Waals surface area contributed by atoms with Gasteiger partial charge in [0.2, 0.25) is 5.91 Å². The van der Waals surface area contributed by atoms with Crippen LogP contribution in [0, 0.1) is 13.8 Å². The average molecular weight is 330 g/mol. The van der Waals surface area contributed by atoms with Crippen LogP contribution in [0.1, 0.15) is 24.0 Å². The van der Waals surface area contributed by atoms with Crippen molar-refractivity contribution in [2.75, 3.05) is 18.9 Å². The Morgan fingerprint density at radius 3 is 3.04 bits per heavy atom. The standard InChI is InChI=1S/C18H22N2O2S/c1-12-5-3-7-15-13(2)9-17(20-18(12)15)23-11-16(21)19-10-14-6-4-8-22-14/h3,5,7,9,14H,4,6,8,10-11H2,1-2H3,(H,19,21)/t14-/m1/s1. The lowest BCUT2D eigenvalue weighted by Crippen LogP contribution is -2.32. The zero-order valence-corrected chi connectivity index (χ0v) is 14.4. The van der Waals surface area contributed by atoms with Gasteiger partial charge in [0.05, 0.1) is 22.4 Å². The average Bonchev–Trinajstić information content (AvgIpc) is 3.05. The fourth-order valence-electron chi connectivity index (χ4n) is 2.83. The smallest absolute Gasteiger partial charge is 0.230 e. The van der Waals surface area contributed by atoms with Crippen LogP contribution in [0.3, 0.4) is 0 Å². The van der Waals surface area contributed by atoms with Gasteiger partial charge in [-0.05, 0) is 43.9 Å². The van der Waals surface area contributed by atoms with E-state index in [1.165, 1.54) is 22.7 Å². The van der Waals surface area contributed by atoms with Crippen molar-refractivity contribution in [2.24, 2.45) is 0 Å². The van der Waals surface area contributed by atoms with Gasteiger partial charge in [0.15, 0.2) is 0 Å². The molecule has 122 valence electrons. The van der Waals surface area contributed by atoms with Crippen molar-refractivity contribution in [3.63, 3.8) is 0 Å². The highest BCUT2D eigenvalue weighted by Gasteiger charge is 2.16. The summed E-state index contributed by atoms with van der Waals surface area (Å²) < 4.78 is 5.51. The molecule has 0 bridgehead atoms. The van der Waals surface area contributed by atoms with Gasteiger partial charge in [-0.2, -0.15) is 0 Å². The van der Waals surface area contributed by atoms with Crippen LogP contribution in [0.5, 0.6) is 0 Å². The molecule has 1 fully saturated rings. The van der Waals surface area contributed by atoms with E-state index in [0.29, 0.717) is 12.3 Å². The third kappa shape index (κ3) is 4.03. The lowest BCUT2D eigenvalue weighted by molar-refractivity contribution is -0.119. The van der Waals surface area contributed by atoms with Crippen molar-refractivity contribution < 1.29 is 9.53 Å². The zero-order valence-electron chi connectivity index (χ0n) is 13.6. The first kappa shape index (κ1) is 16.3. The highest BCUT2D eigenvalue weighted by molar-refractivity contribution is 7.99. The maximum absolute atomic E-state index is 12.0. The Hall–Kier alpha value is -1.59. The fraction of sp³-hybridized carbons (Fsp3) is 0.444. The normalized spacial score (nSPS) is 17.6. The number of pyridine rings is 1. The van der Waals surface area contributed by atoms with E-state index in [1.54, 1.807) is 0 Å². The first-order valence-corrected chi connectivity index (χ1v) is 9.00. The van der Waals surface area contributed by atoms with Crippen molar-refractivity contribution in [1.82, 2.24) is 10.3 Å². The van der Waals surface area contributed by atoms with E-state index in [1.807, 2.05) is 0 Å². The molecule has 1 amide bonds. The molecule has 0 radical (unpaired) electrons. The molecule has 1 saturated heterocycles. The van der Waals surface area contributed by atoms with E-state index in [2.05, 4.69) is 43.4 Å². The lowest BCUT2D eigenvalue weighted by Gasteiger charge is -2.11. The number of ether oxygens (including phenoxy) is 1. The number of aryl methyl sites for hydroxylation is 2. The Morgan fingerprint density at radius 1 is 1.39 bits per heavy atom. The summed E-state index contributed by atoms with van der Waals surface area (Å²) in [6.45, 7) is 5.58. The van der Waals surface area contributed by atoms with Crippen molar-refractivity contribution in [1.29, 1.82) is 0 Å². The molecular weight excluding hydrogens is 308 g/mol. The van der Waals surface area contributed by atoms with Crippen LogP contribution < -0.4 is 5.32 Å². The number of benzene rings is 1. The first-order chi connectivity index (χ1) is 11.1. The minimum absolute atomic E-state index is 0.0369. The van der Waals surface area contributed by atoms with Crippen LogP contribution in [-0.4, -0.2) is 35.9 Å². The zero-order chi connectivity index (χ0) is 16.2. The molecule has 0 unspecified atom stereocenters. The van der Waals surface area contributed by atoms with E-state index < -0.39 is 0 Å². The van der Waals surface area contributed by atoms with E-state index in [0.717, 1.165) is 35.6 Å². The van der Waals surface area contributed by atoms with Crippen LogP contribution in [0.4, 0.5) is 0 Å². The van der Waals surface area contributed by atoms with Crippen LogP contribution >= 0.6 is 11.8 Å². The maximum atomic E-state index is 12.0. The molecule has 1 aromatic carbocycles. The second kappa shape index (κ2) is 7.32. The number of nitrogens with zero attached hydrogens (tertiary/aromatic N) is 1. The molecule has 0 aliphatic carbocycles. The summed E-state index contributed by atoms with van der Waals surface area (Å²) in [6, 6.07) is 8.27. The summed E-state index contributed by atoms with van der Waals surface area (Å²) in [5.41, 5.74) is 3.38. The lowest BCUT2D eigenvalue weighted by atomic mass is 10.1. The summed E-state index contributed by atoms with van der Waals surface area (Å²) in [6.07, 6.45) is 2.32. The number of rotatable bonds is 5. The monoisotopic (exact) mass is 330 g/mol. The Morgan fingerprint density at radius 2 is 2.26 bits per heavy atom. The second-order valence-electron chi connectivity index (χ2n) is 5.98. The topological polar surface area (TPSA) is 51.2 Å². The molecule has 4 nitrogen and oxygen atoms in total. The third-order valence-corrected chi connectivity index (χ3v) is 5.04. The minimum Gasteiger partial charge on any atom is -0.376 e. The number of hydrogen-bond donors (Lipinski definition) is 1. The summed E-state index contributed by atoms with van der Waals surface area (Å²) in [5, 5.41) is 5.02. The molecule has 1 N–H and O–H groups in total. The van der Waals surface area contributed by atoms with Crippen molar-refractivity contribution >= 4 is 28.6 Å². The number of aromatic nitrogens is 1. The maximum Gasteiger partial charge on any atom is 0.230 e. The highest BCUT2D eigenvalue weighted by atomic mass is 32.2. The molecule has 1 aromatic heterocycles. The van der Waals surface area contributed by atoms with E-state index in [9.17, 15) is 4.79 Å². The molecule has 0 spiro atoms. The number of para-hydroxylation sites is 1. The molecule has 2 heterocycles. The van der Waals surface area contributed by atoms with Crippen molar-refractivity contribution in [2.45, 2.75) is 37.8 Å². The summed E-state index contributed by atoms with van der Waals surface area (Å²) in [7, 11) is 0. The predicted molar refractivity (Wildman–Crippen MR) is 93.9 cm³/mol. The van der Waals surface area contributed by atoms with Gasteiger partial charge < -0.3 is 10.1 Å². The van der Waals surface area contributed by atoms with Gasteiger partial charge >= 0.3 is 0 Å². The molecule has 23 heavy (non-hydrogen) atoms. The number of nitrogens with one attached hydrogen (secondary N) is 1. The Balaban J connectivity index is 1.60. The highest BCUT2D eigenvalue weighted by Crippen LogP contribution is 2.25. The largest absolute Gasteiger partial charge is 0.376 e. The third-order valence-electron chi connectivity index (χ3n) is 4.13. The molecule has 3 rings (SSSR count). The number of thioether (sulfide) groups is 1. The molecule has 0 saturated carbocycles. The van der Waals surface area contributed by atoms with E-state index in [4.69, 9.17) is 9.72 Å². The quantitative estimate of drug-likeness (QED) is 0.855. The number of amides is 1. The molecular formula is C18H22N2O2S. The molecule has 1 aliphatic heterocycles. The molecule has 5 heteroatoms. The Labute approximate surface area is 141 Å². The first-order valence-electron chi connectivity index (χ1n) is 8.01. The predicted octanol–water partition coefficient (Wildman–Crippen LogP) is 3.24. The van der Waals surface area contributed by atoms with E-state index >= 15 is 0 Å². The van der Waals surface area contributed by atoms with Crippen LogP contribution in [0.2, 0.25) is 0 Å². The van der Waals surface area contributed by atoms with Gasteiger partial charge in [0.1, 0.15) is 0 Å². The molecule has 2 aromatic rings. The summed E-state index contributed by atoms with van der Waals surface area (Å²) in [4.78, 5) is 16.7. The fourth-order valence-corrected chi connectivity index (χ4v) is 3.63.